The summed E-state index contributed by atoms with van der Waals surface area (Å²) in [6, 6.07) is 53.7. The summed E-state index contributed by atoms with van der Waals surface area (Å²) >= 11 is 0. The summed E-state index contributed by atoms with van der Waals surface area (Å²) in [7, 11) is 0. The smallest absolute Gasteiger partial charge is 0.235 e. The third-order valence-electron chi connectivity index (χ3n) is 11.6. The summed E-state index contributed by atoms with van der Waals surface area (Å²) < 4.78 is 9.82. The molecule has 0 bridgehead atoms. The second-order valence-electron chi connectivity index (χ2n) is 14.1. The molecule has 0 N–H and O–H groups in total. The Labute approximate surface area is 300 Å². The highest BCUT2D eigenvalue weighted by molar-refractivity contribution is 6.19. The maximum atomic E-state index is 2.58. The van der Waals surface area contributed by atoms with Crippen molar-refractivity contribution in [1.82, 2.24) is 13.7 Å². The Balaban J connectivity index is 1.06. The summed E-state index contributed by atoms with van der Waals surface area (Å²) in [5.74, 6) is 0. The van der Waals surface area contributed by atoms with Gasteiger partial charge in [0.05, 0.1) is 22.2 Å². The summed E-state index contributed by atoms with van der Waals surface area (Å²) in [6.45, 7) is 0. The van der Waals surface area contributed by atoms with Gasteiger partial charge in [-0.25, -0.2) is 0 Å². The fourth-order valence-corrected chi connectivity index (χ4v) is 9.44. The van der Waals surface area contributed by atoms with Gasteiger partial charge in [0, 0.05) is 69.1 Å². The van der Waals surface area contributed by atoms with Crippen molar-refractivity contribution >= 4 is 60.7 Å². The van der Waals surface area contributed by atoms with Gasteiger partial charge in [0.25, 0.3) is 0 Å². The SMILES string of the molecule is C1=CC2=[N+](c3ccccc3)c3cccc4c5cc6c(cc5n(c34)C2C=C1)-c1ccccc1C6[n+]1ccc(-n2c3ccccc3c3ccccc32)cc1. The van der Waals surface area contributed by atoms with E-state index in [1.54, 1.807) is 0 Å². The zero-order valence-electron chi connectivity index (χ0n) is 28.3. The van der Waals surface area contributed by atoms with Crippen molar-refractivity contribution in [2.24, 2.45) is 0 Å². The van der Waals surface area contributed by atoms with Crippen LogP contribution in [-0.4, -0.2) is 14.8 Å². The Morgan fingerprint density at radius 2 is 1.23 bits per heavy atom. The van der Waals surface area contributed by atoms with Crippen LogP contribution < -0.4 is 9.14 Å². The van der Waals surface area contributed by atoms with E-state index >= 15 is 0 Å². The van der Waals surface area contributed by atoms with Crippen LogP contribution in [0.3, 0.4) is 0 Å². The Kier molecular flexibility index (Phi) is 5.58. The second-order valence-corrected chi connectivity index (χ2v) is 14.1. The van der Waals surface area contributed by atoms with Crippen molar-refractivity contribution < 1.29 is 4.57 Å². The van der Waals surface area contributed by atoms with E-state index in [2.05, 4.69) is 201 Å². The summed E-state index contributed by atoms with van der Waals surface area (Å²) in [5, 5.41) is 5.15. The number of hydrogen-bond acceptors (Lipinski definition) is 0. The highest BCUT2D eigenvalue weighted by Crippen LogP contribution is 2.49. The van der Waals surface area contributed by atoms with Crippen molar-refractivity contribution in [3.8, 4) is 16.8 Å². The average Bonchev–Trinajstić information content (AvgIpc) is 3.84. The highest BCUT2D eigenvalue weighted by atomic mass is 15.2. The molecule has 2 atom stereocenters. The topological polar surface area (TPSA) is 16.8 Å². The molecule has 0 spiro atoms. The monoisotopic (exact) mass is 664 g/mol. The Hall–Kier alpha value is -6.78. The lowest BCUT2D eigenvalue weighted by Crippen LogP contribution is -2.39. The van der Waals surface area contributed by atoms with Crippen LogP contribution in [0.2, 0.25) is 0 Å². The molecule has 242 valence electrons. The highest BCUT2D eigenvalue weighted by Gasteiger charge is 2.40. The van der Waals surface area contributed by atoms with E-state index in [4.69, 9.17) is 0 Å². The molecular formula is C48H32N4+2. The standard InChI is InChI=1S/C48H32N4/c1-2-13-31(14-3-1)51-43-22-10-11-23-44(43)52-46-30-38-33-15-4-5-18-36(33)47(40(38)29-39(46)37-19-12-24-45(51)48(37)52)49-27-25-32(26-28-49)50-41-20-8-6-16-34(41)35-17-7-9-21-42(35)50/h1-30,44,47H/q+2. The number of allylic oxidation sites excluding steroid dienone is 4. The summed E-state index contributed by atoms with van der Waals surface area (Å²) in [6.07, 6.45) is 13.5. The van der Waals surface area contributed by atoms with Gasteiger partial charge in [-0.05, 0) is 35.4 Å². The minimum Gasteiger partial charge on any atom is -0.318 e. The predicted molar refractivity (Wildman–Crippen MR) is 213 cm³/mol. The lowest BCUT2D eigenvalue weighted by molar-refractivity contribution is -0.704. The predicted octanol–water partition coefficient (Wildman–Crippen LogP) is 10.8. The molecule has 2 aliphatic carbocycles. The largest absolute Gasteiger partial charge is 0.318 e. The average molecular weight is 665 g/mol. The number of benzene rings is 6. The van der Waals surface area contributed by atoms with Crippen LogP contribution in [0.1, 0.15) is 23.2 Å². The second kappa shape index (κ2) is 10.4. The van der Waals surface area contributed by atoms with Crippen LogP contribution >= 0.6 is 0 Å². The van der Waals surface area contributed by atoms with Crippen LogP contribution in [0.15, 0.2) is 182 Å². The first kappa shape index (κ1) is 28.0. The number of hydrogen-bond donors (Lipinski definition) is 0. The van der Waals surface area contributed by atoms with E-state index in [0.717, 1.165) is 5.69 Å². The van der Waals surface area contributed by atoms with E-state index in [1.165, 1.54) is 83.0 Å². The van der Waals surface area contributed by atoms with Gasteiger partial charge in [-0.1, -0.05) is 109 Å². The Morgan fingerprint density at radius 3 is 2.04 bits per heavy atom. The number of fused-ring (bicyclic) bond motifs is 11. The van der Waals surface area contributed by atoms with Gasteiger partial charge >= 0.3 is 0 Å². The van der Waals surface area contributed by atoms with Gasteiger partial charge in [0.2, 0.25) is 23.1 Å². The maximum absolute atomic E-state index is 2.58. The van der Waals surface area contributed by atoms with E-state index in [9.17, 15) is 0 Å². The van der Waals surface area contributed by atoms with Gasteiger partial charge in [-0.2, -0.15) is 9.14 Å². The number of nitrogens with zero attached hydrogens (tertiary/aromatic N) is 4. The van der Waals surface area contributed by atoms with Crippen molar-refractivity contribution in [3.05, 3.63) is 193 Å². The molecule has 1 aliphatic heterocycles. The number of para-hydroxylation sites is 4. The quantitative estimate of drug-likeness (QED) is 0.167. The molecule has 12 rings (SSSR count). The fourth-order valence-electron chi connectivity index (χ4n) is 9.44. The molecule has 4 heterocycles. The normalized spacial score (nSPS) is 17.0. The van der Waals surface area contributed by atoms with E-state index in [1.807, 2.05) is 0 Å². The number of aromatic nitrogens is 3. The van der Waals surface area contributed by atoms with E-state index in [-0.39, 0.29) is 12.1 Å². The third-order valence-corrected chi connectivity index (χ3v) is 11.6. The first-order valence-electron chi connectivity index (χ1n) is 18.1. The Morgan fingerprint density at radius 1 is 0.519 bits per heavy atom. The zero-order chi connectivity index (χ0) is 33.9. The minimum atomic E-state index is 0.0648. The first-order chi connectivity index (χ1) is 25.8. The van der Waals surface area contributed by atoms with Crippen molar-refractivity contribution in [2.45, 2.75) is 12.1 Å². The zero-order valence-corrected chi connectivity index (χ0v) is 28.3. The van der Waals surface area contributed by atoms with Gasteiger partial charge in [0.15, 0.2) is 12.4 Å². The molecule has 0 saturated heterocycles. The molecule has 0 radical (unpaired) electrons. The van der Waals surface area contributed by atoms with Crippen LogP contribution in [0.5, 0.6) is 0 Å². The molecule has 4 heteroatoms. The van der Waals surface area contributed by atoms with Crippen LogP contribution in [0.4, 0.5) is 11.4 Å². The van der Waals surface area contributed by atoms with E-state index in [0.29, 0.717) is 0 Å². The van der Waals surface area contributed by atoms with E-state index < -0.39 is 0 Å². The maximum Gasteiger partial charge on any atom is 0.235 e. The number of pyridine rings is 1. The molecule has 6 aromatic carbocycles. The van der Waals surface area contributed by atoms with Crippen molar-refractivity contribution in [1.29, 1.82) is 0 Å². The van der Waals surface area contributed by atoms with Gasteiger partial charge in [-0.15, -0.1) is 0 Å². The Bertz CT molecular complexity index is 3010. The molecule has 0 amide bonds. The molecule has 2 unspecified atom stereocenters. The van der Waals surface area contributed by atoms with Crippen molar-refractivity contribution in [3.63, 3.8) is 0 Å². The molecular weight excluding hydrogens is 633 g/mol. The summed E-state index contributed by atoms with van der Waals surface area (Å²) in [4.78, 5) is 0. The third kappa shape index (κ3) is 3.65. The molecule has 3 aliphatic rings. The molecule has 0 saturated carbocycles. The molecule has 52 heavy (non-hydrogen) atoms. The van der Waals surface area contributed by atoms with Crippen molar-refractivity contribution in [2.75, 3.05) is 0 Å². The molecule has 4 nitrogen and oxygen atoms in total. The first-order valence-corrected chi connectivity index (χ1v) is 18.1. The van der Waals surface area contributed by atoms with Gasteiger partial charge in [-0.3, -0.25) is 0 Å². The minimum absolute atomic E-state index is 0.0648. The van der Waals surface area contributed by atoms with Crippen LogP contribution in [0, 0.1) is 0 Å². The summed E-state index contributed by atoms with van der Waals surface area (Å²) in [5.41, 5.74) is 15.2. The van der Waals surface area contributed by atoms with Gasteiger partial charge in [0.1, 0.15) is 11.6 Å². The fraction of sp³-hybridized carbons (Fsp3) is 0.0417. The van der Waals surface area contributed by atoms with Crippen LogP contribution in [0.25, 0.3) is 60.4 Å². The lowest BCUT2D eigenvalue weighted by Gasteiger charge is -2.24. The molecule has 9 aromatic rings. The lowest BCUT2D eigenvalue weighted by atomic mass is 10.0. The molecule has 3 aromatic heterocycles. The number of rotatable bonds is 3. The molecule has 0 fully saturated rings. The van der Waals surface area contributed by atoms with Crippen LogP contribution in [-0.2, 0) is 0 Å². The van der Waals surface area contributed by atoms with Gasteiger partial charge < -0.3 is 9.13 Å².